The summed E-state index contributed by atoms with van der Waals surface area (Å²) in [6.45, 7) is 0. The van der Waals surface area contributed by atoms with Crippen LogP contribution in [0.1, 0.15) is 0 Å². The number of nitrogens with zero attached hydrogens (tertiary/aromatic N) is 8. The van der Waals surface area contributed by atoms with E-state index in [4.69, 9.17) is 29.9 Å². The lowest BCUT2D eigenvalue weighted by Gasteiger charge is -2.11. The van der Waals surface area contributed by atoms with Gasteiger partial charge in [0, 0.05) is 43.8 Å². The fourth-order valence-electron chi connectivity index (χ4n) is 8.53. The molecule has 0 spiro atoms. The van der Waals surface area contributed by atoms with Crippen molar-refractivity contribution in [1.29, 1.82) is 0 Å². The molecule has 0 saturated heterocycles. The van der Waals surface area contributed by atoms with Gasteiger partial charge in [0.1, 0.15) is 0 Å². The summed E-state index contributed by atoms with van der Waals surface area (Å²) in [6.07, 6.45) is 0. The number of aromatic nitrogens is 8. The predicted molar refractivity (Wildman–Crippen MR) is 249 cm³/mol. The summed E-state index contributed by atoms with van der Waals surface area (Å²) in [7, 11) is 0. The first-order chi connectivity index (χ1) is 30.7. The van der Waals surface area contributed by atoms with Crippen LogP contribution in [-0.2, 0) is 0 Å². The Morgan fingerprint density at radius 3 is 0.952 bits per heavy atom. The van der Waals surface area contributed by atoms with Crippen LogP contribution < -0.4 is 0 Å². The van der Waals surface area contributed by atoms with E-state index < -0.39 is 0 Å². The summed E-state index contributed by atoms with van der Waals surface area (Å²) in [5, 5.41) is 4.52. The van der Waals surface area contributed by atoms with E-state index in [-0.39, 0.29) is 0 Å². The number of fused-ring (bicyclic) bond motifs is 6. The molecule has 0 atom stereocenters. The van der Waals surface area contributed by atoms with Crippen molar-refractivity contribution in [2.75, 3.05) is 0 Å². The monoisotopic (exact) mass is 794 g/mol. The summed E-state index contributed by atoms with van der Waals surface area (Å²) in [6, 6.07) is 70.6. The minimum absolute atomic E-state index is 0.563. The smallest absolute Gasteiger partial charge is 0.238 e. The number of hydrogen-bond donors (Lipinski definition) is 0. The second kappa shape index (κ2) is 14.6. The minimum Gasteiger partial charge on any atom is -0.278 e. The van der Waals surface area contributed by atoms with E-state index in [0.29, 0.717) is 35.2 Å². The highest BCUT2D eigenvalue weighted by Gasteiger charge is 2.20. The molecule has 0 radical (unpaired) electrons. The van der Waals surface area contributed by atoms with E-state index in [0.717, 1.165) is 77.0 Å². The van der Waals surface area contributed by atoms with Crippen LogP contribution in [0.4, 0.5) is 0 Å². The van der Waals surface area contributed by atoms with Crippen molar-refractivity contribution in [3.8, 4) is 68.6 Å². The largest absolute Gasteiger partial charge is 0.278 e. The van der Waals surface area contributed by atoms with Gasteiger partial charge in [0.2, 0.25) is 11.9 Å². The lowest BCUT2D eigenvalue weighted by molar-refractivity contribution is 0.953. The highest BCUT2D eigenvalue weighted by molar-refractivity contribution is 6.11. The second-order valence-electron chi connectivity index (χ2n) is 15.2. The van der Waals surface area contributed by atoms with Gasteiger partial charge in [-0.15, -0.1) is 0 Å². The first-order valence-corrected chi connectivity index (χ1v) is 20.5. The highest BCUT2D eigenvalue weighted by Crippen LogP contribution is 2.36. The minimum atomic E-state index is 0.563. The maximum Gasteiger partial charge on any atom is 0.238 e. The number of rotatable bonds is 7. The van der Waals surface area contributed by atoms with E-state index in [1.54, 1.807) is 0 Å². The molecule has 0 aliphatic carbocycles. The Morgan fingerprint density at radius 2 is 0.532 bits per heavy atom. The molecule has 4 heterocycles. The van der Waals surface area contributed by atoms with Gasteiger partial charge in [-0.2, -0.15) is 19.9 Å². The summed E-state index contributed by atoms with van der Waals surface area (Å²) >= 11 is 0. The van der Waals surface area contributed by atoms with Crippen molar-refractivity contribution in [3.63, 3.8) is 0 Å². The van der Waals surface area contributed by atoms with Crippen LogP contribution in [-0.4, -0.2) is 39.0 Å². The zero-order valence-electron chi connectivity index (χ0n) is 33.2. The van der Waals surface area contributed by atoms with Gasteiger partial charge in [0.15, 0.2) is 23.3 Å². The fourth-order valence-corrected chi connectivity index (χ4v) is 8.53. The molecule has 0 amide bonds. The van der Waals surface area contributed by atoms with Gasteiger partial charge in [-0.3, -0.25) is 9.13 Å². The Balaban J connectivity index is 0.970. The van der Waals surface area contributed by atoms with Gasteiger partial charge < -0.3 is 0 Å². The van der Waals surface area contributed by atoms with Crippen LogP contribution in [0.3, 0.4) is 0 Å². The van der Waals surface area contributed by atoms with Gasteiger partial charge in [-0.25, -0.2) is 9.97 Å². The zero-order valence-corrected chi connectivity index (χ0v) is 33.2. The fraction of sp³-hybridized carbons (Fsp3) is 0. The molecule has 8 heteroatoms. The summed E-state index contributed by atoms with van der Waals surface area (Å²) in [5.41, 5.74) is 9.94. The van der Waals surface area contributed by atoms with Crippen molar-refractivity contribution in [2.45, 2.75) is 0 Å². The van der Waals surface area contributed by atoms with E-state index in [9.17, 15) is 0 Å². The summed E-state index contributed by atoms with van der Waals surface area (Å²) < 4.78 is 4.29. The van der Waals surface area contributed by atoms with Gasteiger partial charge >= 0.3 is 0 Å². The van der Waals surface area contributed by atoms with E-state index in [2.05, 4.69) is 124 Å². The maximum absolute atomic E-state index is 5.15. The van der Waals surface area contributed by atoms with Crippen molar-refractivity contribution in [3.05, 3.63) is 206 Å². The van der Waals surface area contributed by atoms with Crippen LogP contribution in [0.15, 0.2) is 206 Å². The van der Waals surface area contributed by atoms with Crippen molar-refractivity contribution >= 4 is 43.6 Å². The quantitative estimate of drug-likeness (QED) is 0.160. The van der Waals surface area contributed by atoms with Crippen LogP contribution in [0, 0.1) is 0 Å². The predicted octanol–water partition coefficient (Wildman–Crippen LogP) is 12.6. The van der Waals surface area contributed by atoms with Crippen molar-refractivity contribution < 1.29 is 0 Å². The Kier molecular flexibility index (Phi) is 8.31. The van der Waals surface area contributed by atoms with Gasteiger partial charge in [-0.05, 0) is 41.5 Å². The highest BCUT2D eigenvalue weighted by atomic mass is 15.2. The third-order valence-corrected chi connectivity index (χ3v) is 11.5. The molecule has 62 heavy (non-hydrogen) atoms. The molecule has 0 bridgehead atoms. The normalized spacial score (nSPS) is 11.5. The molecule has 0 saturated carbocycles. The molecular formula is C54H34N8. The SMILES string of the molecule is c1ccc(-c2nc(-c3ccc(-c4ccc5c(c4)c4ccccc4n5-c4nc(-c5ccccc5)nc(-c5ccccc5)n4)cc3)nc(-n3c4ccccc4c4ccccc43)n2)cc1. The van der Waals surface area contributed by atoms with E-state index >= 15 is 0 Å². The van der Waals surface area contributed by atoms with Gasteiger partial charge in [-0.1, -0.05) is 176 Å². The molecule has 290 valence electrons. The second-order valence-corrected chi connectivity index (χ2v) is 15.2. The average Bonchev–Trinajstić information content (AvgIpc) is 3.87. The first-order valence-electron chi connectivity index (χ1n) is 20.5. The lowest BCUT2D eigenvalue weighted by atomic mass is 10.0. The molecule has 4 aromatic heterocycles. The molecule has 0 fully saturated rings. The molecule has 0 aliphatic heterocycles. The number of para-hydroxylation sites is 3. The standard InChI is InChI=1S/C54H34N8/c1-4-16-36(17-5-1)49-55-50(37-18-6-2-7-19-37)59-54(58-49)62-47-27-15-12-24-43(47)44-34-40(32-33-48(44)62)35-28-30-39(31-29-35)52-56-51(38-20-8-3-9-21-38)57-53(60-52)61-45-25-13-10-22-41(45)42-23-11-14-26-46(42)61/h1-34H. The van der Waals surface area contributed by atoms with E-state index in [1.165, 1.54) is 0 Å². The zero-order chi connectivity index (χ0) is 41.0. The number of benzene rings is 8. The summed E-state index contributed by atoms with van der Waals surface area (Å²) in [4.78, 5) is 30.4. The molecule has 0 aliphatic rings. The molecule has 12 aromatic rings. The molecular weight excluding hydrogens is 761 g/mol. The van der Waals surface area contributed by atoms with E-state index in [1.807, 2.05) is 91.0 Å². The topological polar surface area (TPSA) is 87.2 Å². The molecule has 12 rings (SSSR count). The molecule has 0 unspecified atom stereocenters. The Morgan fingerprint density at radius 1 is 0.226 bits per heavy atom. The van der Waals surface area contributed by atoms with Gasteiger partial charge in [0.05, 0.1) is 22.1 Å². The van der Waals surface area contributed by atoms with Crippen molar-refractivity contribution in [1.82, 2.24) is 39.0 Å². The molecule has 8 aromatic carbocycles. The van der Waals surface area contributed by atoms with Crippen LogP contribution in [0.25, 0.3) is 112 Å². The average molecular weight is 795 g/mol. The first kappa shape index (κ1) is 35.3. The molecule has 8 nitrogen and oxygen atoms in total. The van der Waals surface area contributed by atoms with Crippen LogP contribution in [0.5, 0.6) is 0 Å². The third-order valence-electron chi connectivity index (χ3n) is 11.5. The van der Waals surface area contributed by atoms with Crippen molar-refractivity contribution in [2.24, 2.45) is 0 Å². The molecule has 0 N–H and O–H groups in total. The Bertz CT molecular complexity index is 3510. The van der Waals surface area contributed by atoms with Gasteiger partial charge in [0.25, 0.3) is 0 Å². The number of hydrogen-bond acceptors (Lipinski definition) is 6. The maximum atomic E-state index is 5.15. The Hall–Kier alpha value is -8.62. The third kappa shape index (κ3) is 6.00. The lowest BCUT2D eigenvalue weighted by Crippen LogP contribution is -2.06. The Labute approximate surface area is 356 Å². The van der Waals surface area contributed by atoms with Crippen LogP contribution >= 0.6 is 0 Å². The summed E-state index contributed by atoms with van der Waals surface area (Å²) in [5.74, 6) is 3.59. The van der Waals surface area contributed by atoms with Crippen LogP contribution in [0.2, 0.25) is 0 Å².